The average Bonchev–Trinajstić information content (AvgIpc) is 3.10. The van der Waals surface area contributed by atoms with Crippen LogP contribution in [-0.4, -0.2) is 46.8 Å². The number of amides is 3. The molecule has 1 atom stereocenters. The predicted octanol–water partition coefficient (Wildman–Crippen LogP) is 1.85. The Morgan fingerprint density at radius 2 is 1.89 bits per heavy atom. The van der Waals surface area contributed by atoms with Gasteiger partial charge in [0.15, 0.2) is 5.60 Å². The lowest BCUT2D eigenvalue weighted by Gasteiger charge is -2.19. The topological polar surface area (TPSA) is 119 Å². The molecule has 0 saturated carbocycles. The maximum atomic E-state index is 12.9. The van der Waals surface area contributed by atoms with Crippen LogP contribution in [0, 0.1) is 0 Å². The summed E-state index contributed by atoms with van der Waals surface area (Å²) in [5, 5.41) is 23.3. The number of urea groups is 1. The zero-order valence-corrected chi connectivity index (χ0v) is 15.3. The number of carbonyl (C=O) groups excluding carboxylic acids is 2. The number of hydrogen-bond donors (Lipinski definition) is 4. The summed E-state index contributed by atoms with van der Waals surface area (Å²) >= 11 is 0. The van der Waals surface area contributed by atoms with Crippen molar-refractivity contribution in [3.63, 3.8) is 0 Å². The normalized spacial score (nSPS) is 14.7. The number of aliphatic carboxylic acids is 1. The second-order valence-corrected chi connectivity index (χ2v) is 6.80. The minimum atomic E-state index is -2.07. The lowest BCUT2D eigenvalue weighted by molar-refractivity contribution is -0.155. The van der Waals surface area contributed by atoms with Gasteiger partial charge in [-0.3, -0.25) is 4.79 Å². The molecule has 28 heavy (non-hydrogen) atoms. The Morgan fingerprint density at radius 3 is 2.64 bits per heavy atom. The number of hydrogen-bond acceptors (Lipinski definition) is 4. The molecular formula is C20H21N3O5. The van der Waals surface area contributed by atoms with Gasteiger partial charge in [0.2, 0.25) is 0 Å². The molecule has 0 radical (unpaired) electrons. The fraction of sp³-hybridized carbons (Fsp3) is 0.250. The van der Waals surface area contributed by atoms with Crippen molar-refractivity contribution in [2.75, 3.05) is 23.3 Å². The van der Waals surface area contributed by atoms with Gasteiger partial charge >= 0.3 is 12.0 Å². The molecule has 0 aromatic heterocycles. The van der Waals surface area contributed by atoms with Crippen molar-refractivity contribution in [3.05, 3.63) is 59.7 Å². The van der Waals surface area contributed by atoms with Gasteiger partial charge in [-0.2, -0.15) is 0 Å². The number of carboxylic acid groups (broad SMARTS) is 1. The predicted molar refractivity (Wildman–Crippen MR) is 104 cm³/mol. The summed E-state index contributed by atoms with van der Waals surface area (Å²) in [6.45, 7) is 1.22. The Kier molecular flexibility index (Phi) is 5.32. The van der Waals surface area contributed by atoms with E-state index in [1.807, 2.05) is 24.3 Å². The lowest BCUT2D eigenvalue weighted by atomic mass is 10.1. The molecule has 0 saturated heterocycles. The molecule has 0 spiro atoms. The van der Waals surface area contributed by atoms with E-state index in [1.165, 1.54) is 0 Å². The first-order valence-corrected chi connectivity index (χ1v) is 8.78. The summed E-state index contributed by atoms with van der Waals surface area (Å²) in [5.41, 5.74) is 0.741. The Balaban J connectivity index is 1.67. The third-order valence-electron chi connectivity index (χ3n) is 4.55. The zero-order chi connectivity index (χ0) is 20.3. The van der Waals surface area contributed by atoms with Crippen molar-refractivity contribution >= 4 is 29.3 Å². The van der Waals surface area contributed by atoms with Crippen LogP contribution in [-0.2, 0) is 11.2 Å². The van der Waals surface area contributed by atoms with Crippen molar-refractivity contribution in [2.45, 2.75) is 18.9 Å². The maximum absolute atomic E-state index is 12.9. The van der Waals surface area contributed by atoms with E-state index in [0.717, 1.165) is 24.6 Å². The van der Waals surface area contributed by atoms with Crippen LogP contribution in [0.25, 0.3) is 0 Å². The number of para-hydroxylation sites is 1. The minimum absolute atomic E-state index is 0.164. The number of fused-ring (bicyclic) bond motifs is 1. The first-order chi connectivity index (χ1) is 13.3. The molecule has 0 aliphatic carbocycles. The van der Waals surface area contributed by atoms with Gasteiger partial charge in [-0.1, -0.05) is 24.3 Å². The highest BCUT2D eigenvalue weighted by Crippen LogP contribution is 2.29. The minimum Gasteiger partial charge on any atom is -0.479 e. The largest absolute Gasteiger partial charge is 0.479 e. The third kappa shape index (κ3) is 4.12. The molecule has 4 N–H and O–H groups in total. The molecule has 1 unspecified atom stereocenters. The summed E-state index contributed by atoms with van der Waals surface area (Å²) in [7, 11) is 0. The number of nitrogens with zero attached hydrogens (tertiary/aromatic N) is 1. The van der Waals surface area contributed by atoms with Crippen molar-refractivity contribution in [3.8, 4) is 0 Å². The van der Waals surface area contributed by atoms with Crippen molar-refractivity contribution in [2.24, 2.45) is 0 Å². The van der Waals surface area contributed by atoms with Crippen molar-refractivity contribution in [1.29, 1.82) is 0 Å². The highest BCUT2D eigenvalue weighted by Gasteiger charge is 2.30. The van der Waals surface area contributed by atoms with Gasteiger partial charge in [-0.15, -0.1) is 0 Å². The van der Waals surface area contributed by atoms with Gasteiger partial charge in [-0.05, 0) is 43.2 Å². The number of carbonyl (C=O) groups is 3. The van der Waals surface area contributed by atoms with Crippen LogP contribution in [0.3, 0.4) is 0 Å². The van der Waals surface area contributed by atoms with Crippen LogP contribution < -0.4 is 15.5 Å². The first kappa shape index (κ1) is 19.4. The molecule has 0 bridgehead atoms. The summed E-state index contributed by atoms with van der Waals surface area (Å²) in [6, 6.07) is 13.5. The molecule has 0 fully saturated rings. The van der Waals surface area contributed by atoms with Crippen LogP contribution in [0.2, 0.25) is 0 Å². The molecule has 1 aliphatic rings. The number of benzene rings is 2. The summed E-state index contributed by atoms with van der Waals surface area (Å²) in [6.07, 6.45) is 0.797. The summed E-state index contributed by atoms with van der Waals surface area (Å²) in [4.78, 5) is 37.4. The monoisotopic (exact) mass is 383 g/mol. The van der Waals surface area contributed by atoms with Gasteiger partial charge < -0.3 is 25.7 Å². The van der Waals surface area contributed by atoms with Crippen LogP contribution in [0.15, 0.2) is 48.5 Å². The summed E-state index contributed by atoms with van der Waals surface area (Å²) in [5.74, 6) is -1.60. The van der Waals surface area contributed by atoms with Gasteiger partial charge in [0.1, 0.15) is 0 Å². The van der Waals surface area contributed by atoms with Gasteiger partial charge in [0.05, 0.1) is 6.54 Å². The molecule has 146 valence electrons. The van der Waals surface area contributed by atoms with Crippen molar-refractivity contribution in [1.82, 2.24) is 5.32 Å². The van der Waals surface area contributed by atoms with E-state index in [2.05, 4.69) is 10.6 Å². The number of carboxylic acids is 1. The van der Waals surface area contributed by atoms with E-state index in [4.69, 9.17) is 5.11 Å². The maximum Gasteiger partial charge on any atom is 0.337 e. The van der Waals surface area contributed by atoms with E-state index >= 15 is 0 Å². The smallest absolute Gasteiger partial charge is 0.337 e. The van der Waals surface area contributed by atoms with Gasteiger partial charge in [-0.25, -0.2) is 9.59 Å². The van der Waals surface area contributed by atoms with Crippen LogP contribution >= 0.6 is 0 Å². The van der Waals surface area contributed by atoms with E-state index in [-0.39, 0.29) is 5.91 Å². The van der Waals surface area contributed by atoms with E-state index in [0.29, 0.717) is 17.8 Å². The Labute approximate surface area is 161 Å². The second-order valence-electron chi connectivity index (χ2n) is 6.80. The molecule has 1 heterocycles. The average molecular weight is 383 g/mol. The molecular weight excluding hydrogens is 362 g/mol. The molecule has 8 heteroatoms. The molecule has 3 amide bonds. The fourth-order valence-corrected chi connectivity index (χ4v) is 2.94. The number of rotatable bonds is 5. The number of anilines is 2. The molecule has 3 rings (SSSR count). The van der Waals surface area contributed by atoms with Crippen molar-refractivity contribution < 1.29 is 24.6 Å². The number of nitrogens with one attached hydrogen (secondary N) is 2. The third-order valence-corrected chi connectivity index (χ3v) is 4.55. The Morgan fingerprint density at radius 1 is 1.14 bits per heavy atom. The van der Waals surface area contributed by atoms with E-state index in [9.17, 15) is 19.5 Å². The quantitative estimate of drug-likeness (QED) is 0.628. The standard InChI is InChI=1S/C20H21N3O5/c1-20(28,18(25)26)12-21-19(27)22-15-7-4-6-14(11-15)17(24)23-10-9-13-5-2-3-8-16(13)23/h2-8,11,28H,9-10,12H2,1H3,(H,25,26)(H2,21,22,27). The van der Waals surface area contributed by atoms with Crippen LogP contribution in [0.1, 0.15) is 22.8 Å². The van der Waals surface area contributed by atoms with Gasteiger partial charge in [0.25, 0.3) is 5.91 Å². The fourth-order valence-electron chi connectivity index (χ4n) is 2.94. The Hall–Kier alpha value is -3.39. The van der Waals surface area contributed by atoms with E-state index < -0.39 is 24.1 Å². The van der Waals surface area contributed by atoms with Crippen LogP contribution in [0.5, 0.6) is 0 Å². The van der Waals surface area contributed by atoms with Gasteiger partial charge in [0, 0.05) is 23.5 Å². The van der Waals surface area contributed by atoms with Crippen LogP contribution in [0.4, 0.5) is 16.2 Å². The Bertz CT molecular complexity index is 926. The molecule has 2 aromatic rings. The second kappa shape index (κ2) is 7.69. The zero-order valence-electron chi connectivity index (χ0n) is 15.3. The molecule has 1 aliphatic heterocycles. The molecule has 2 aromatic carbocycles. The van der Waals surface area contributed by atoms with E-state index in [1.54, 1.807) is 29.2 Å². The molecule has 8 nitrogen and oxygen atoms in total. The number of aliphatic hydroxyl groups is 1. The first-order valence-electron chi connectivity index (χ1n) is 8.78. The highest BCUT2D eigenvalue weighted by atomic mass is 16.4. The lowest BCUT2D eigenvalue weighted by Crippen LogP contribution is -2.47. The summed E-state index contributed by atoms with van der Waals surface area (Å²) < 4.78 is 0. The SMILES string of the molecule is CC(O)(CNC(=O)Nc1cccc(C(=O)N2CCc3ccccc32)c1)C(=O)O. The highest BCUT2D eigenvalue weighted by molar-refractivity contribution is 6.08.